The third-order valence-electron chi connectivity index (χ3n) is 4.60. The molecule has 0 radical (unpaired) electrons. The van der Waals surface area contributed by atoms with Gasteiger partial charge in [-0.3, -0.25) is 4.79 Å². The molecule has 0 N–H and O–H groups in total. The van der Waals surface area contributed by atoms with Gasteiger partial charge in [-0.25, -0.2) is 0 Å². The standard InChI is InChI=1S/C19H29NO3/c1-5-7-10-20(14(3)6-2)19(21)15(4)16-8-9-17-18(13-16)23-12-11-22-17/h8-9,13-15H,5-7,10-12H2,1-4H3. The quantitative estimate of drug-likeness (QED) is 0.763. The fourth-order valence-corrected chi connectivity index (χ4v) is 2.82. The number of nitrogens with zero attached hydrogens (tertiary/aromatic N) is 1. The molecule has 2 rings (SSSR count). The van der Waals surface area contributed by atoms with Crippen LogP contribution in [0.15, 0.2) is 18.2 Å². The molecule has 0 spiro atoms. The third-order valence-corrected chi connectivity index (χ3v) is 4.60. The molecule has 23 heavy (non-hydrogen) atoms. The Bertz CT molecular complexity index is 529. The van der Waals surface area contributed by atoms with Crippen LogP contribution in [0.25, 0.3) is 0 Å². The minimum absolute atomic E-state index is 0.170. The summed E-state index contributed by atoms with van der Waals surface area (Å²) in [5.74, 6) is 1.54. The summed E-state index contributed by atoms with van der Waals surface area (Å²) in [5, 5.41) is 0. The summed E-state index contributed by atoms with van der Waals surface area (Å²) >= 11 is 0. The summed E-state index contributed by atoms with van der Waals surface area (Å²) in [4.78, 5) is 15.0. The van der Waals surface area contributed by atoms with Crippen molar-refractivity contribution in [2.24, 2.45) is 0 Å². The highest BCUT2D eigenvalue weighted by Crippen LogP contribution is 2.33. The van der Waals surface area contributed by atoms with Gasteiger partial charge in [-0.2, -0.15) is 0 Å². The Morgan fingerprint density at radius 2 is 1.87 bits per heavy atom. The molecule has 2 unspecified atom stereocenters. The van der Waals surface area contributed by atoms with Gasteiger partial charge < -0.3 is 14.4 Å². The number of unbranched alkanes of at least 4 members (excludes halogenated alkanes) is 1. The van der Waals surface area contributed by atoms with Crippen LogP contribution >= 0.6 is 0 Å². The van der Waals surface area contributed by atoms with Crippen LogP contribution in [0.1, 0.15) is 58.4 Å². The summed E-state index contributed by atoms with van der Waals surface area (Å²) in [6, 6.07) is 6.11. The zero-order valence-corrected chi connectivity index (χ0v) is 14.8. The monoisotopic (exact) mass is 319 g/mol. The molecular formula is C19H29NO3. The van der Waals surface area contributed by atoms with Crippen LogP contribution in [-0.4, -0.2) is 36.6 Å². The van der Waals surface area contributed by atoms with Gasteiger partial charge in [0.2, 0.25) is 5.91 Å². The molecule has 0 saturated carbocycles. The lowest BCUT2D eigenvalue weighted by molar-refractivity contribution is -0.134. The average Bonchev–Trinajstić information content (AvgIpc) is 2.60. The van der Waals surface area contributed by atoms with Crippen molar-refractivity contribution in [1.29, 1.82) is 0 Å². The SMILES string of the molecule is CCCCN(C(=O)C(C)c1ccc2c(c1)OCCO2)C(C)CC. The topological polar surface area (TPSA) is 38.8 Å². The normalized spacial score (nSPS) is 15.8. The highest BCUT2D eigenvalue weighted by atomic mass is 16.6. The molecule has 2 atom stereocenters. The minimum Gasteiger partial charge on any atom is -0.486 e. The average molecular weight is 319 g/mol. The van der Waals surface area contributed by atoms with Gasteiger partial charge in [0, 0.05) is 12.6 Å². The Balaban J connectivity index is 2.16. The molecule has 0 saturated heterocycles. The summed E-state index contributed by atoms with van der Waals surface area (Å²) in [6.07, 6.45) is 3.12. The fourth-order valence-electron chi connectivity index (χ4n) is 2.82. The molecule has 0 aromatic heterocycles. The third kappa shape index (κ3) is 4.18. The molecule has 4 heteroatoms. The van der Waals surface area contributed by atoms with Gasteiger partial charge in [-0.05, 0) is 44.4 Å². The first-order valence-electron chi connectivity index (χ1n) is 8.78. The summed E-state index contributed by atoms with van der Waals surface area (Å²) in [7, 11) is 0. The smallest absolute Gasteiger partial charge is 0.230 e. The van der Waals surface area contributed by atoms with Crippen molar-refractivity contribution in [2.45, 2.75) is 58.9 Å². The van der Waals surface area contributed by atoms with Crippen LogP contribution < -0.4 is 9.47 Å². The first kappa shape index (κ1) is 17.6. The first-order valence-corrected chi connectivity index (χ1v) is 8.78. The van der Waals surface area contributed by atoms with Gasteiger partial charge in [-0.1, -0.05) is 26.3 Å². The molecule has 1 amide bonds. The molecular weight excluding hydrogens is 290 g/mol. The number of fused-ring (bicyclic) bond motifs is 1. The molecule has 0 aliphatic carbocycles. The second kappa shape index (κ2) is 8.23. The number of amides is 1. The van der Waals surface area contributed by atoms with E-state index < -0.39 is 0 Å². The Labute approximate surface area is 139 Å². The predicted molar refractivity (Wildman–Crippen MR) is 92.2 cm³/mol. The van der Waals surface area contributed by atoms with Crippen LogP contribution in [0.2, 0.25) is 0 Å². The van der Waals surface area contributed by atoms with Crippen molar-refractivity contribution in [3.8, 4) is 11.5 Å². The zero-order chi connectivity index (χ0) is 16.8. The van der Waals surface area contributed by atoms with Crippen molar-refractivity contribution in [3.63, 3.8) is 0 Å². The van der Waals surface area contributed by atoms with Crippen molar-refractivity contribution in [3.05, 3.63) is 23.8 Å². The van der Waals surface area contributed by atoms with Gasteiger partial charge in [0.15, 0.2) is 11.5 Å². The number of carbonyl (C=O) groups excluding carboxylic acids is 1. The zero-order valence-electron chi connectivity index (χ0n) is 14.8. The largest absolute Gasteiger partial charge is 0.486 e. The van der Waals surface area contributed by atoms with Crippen LogP contribution in [0.5, 0.6) is 11.5 Å². The maximum Gasteiger partial charge on any atom is 0.230 e. The molecule has 1 aromatic carbocycles. The molecule has 1 aliphatic rings. The second-order valence-electron chi connectivity index (χ2n) is 6.27. The highest BCUT2D eigenvalue weighted by Gasteiger charge is 2.26. The molecule has 0 bridgehead atoms. The number of rotatable bonds is 7. The van der Waals surface area contributed by atoms with E-state index in [-0.39, 0.29) is 17.9 Å². The van der Waals surface area contributed by atoms with E-state index in [1.807, 2.05) is 30.0 Å². The van der Waals surface area contributed by atoms with E-state index in [9.17, 15) is 4.79 Å². The Morgan fingerprint density at radius 3 is 2.52 bits per heavy atom. The maximum atomic E-state index is 13.0. The fraction of sp³-hybridized carbons (Fsp3) is 0.632. The van der Waals surface area contributed by atoms with Crippen LogP contribution in [-0.2, 0) is 4.79 Å². The minimum atomic E-state index is -0.170. The van der Waals surface area contributed by atoms with Crippen molar-refractivity contribution >= 4 is 5.91 Å². The molecule has 1 aliphatic heterocycles. The van der Waals surface area contributed by atoms with Gasteiger partial charge in [0.05, 0.1) is 5.92 Å². The maximum absolute atomic E-state index is 13.0. The van der Waals surface area contributed by atoms with Gasteiger partial charge in [0.25, 0.3) is 0 Å². The predicted octanol–water partition coefficient (Wildman–Crippen LogP) is 3.99. The second-order valence-corrected chi connectivity index (χ2v) is 6.27. The lowest BCUT2D eigenvalue weighted by Crippen LogP contribution is -2.41. The molecule has 4 nitrogen and oxygen atoms in total. The lowest BCUT2D eigenvalue weighted by Gasteiger charge is -2.31. The van der Waals surface area contributed by atoms with Crippen LogP contribution in [0.3, 0.4) is 0 Å². The summed E-state index contributed by atoms with van der Waals surface area (Å²) < 4.78 is 11.2. The molecule has 0 fully saturated rings. The van der Waals surface area contributed by atoms with Crippen LogP contribution in [0.4, 0.5) is 0 Å². The van der Waals surface area contributed by atoms with E-state index >= 15 is 0 Å². The highest BCUT2D eigenvalue weighted by molar-refractivity contribution is 5.83. The van der Waals surface area contributed by atoms with Crippen LogP contribution in [0, 0.1) is 0 Å². The Hall–Kier alpha value is -1.71. The van der Waals surface area contributed by atoms with E-state index in [2.05, 4.69) is 20.8 Å². The van der Waals surface area contributed by atoms with E-state index in [0.29, 0.717) is 13.2 Å². The number of carbonyl (C=O) groups is 1. The molecule has 128 valence electrons. The number of hydrogen-bond acceptors (Lipinski definition) is 3. The molecule has 1 aromatic rings. The van der Waals surface area contributed by atoms with Crippen molar-refractivity contribution < 1.29 is 14.3 Å². The first-order chi connectivity index (χ1) is 11.1. The number of ether oxygens (including phenoxy) is 2. The lowest BCUT2D eigenvalue weighted by atomic mass is 9.97. The molecule has 1 heterocycles. The Kier molecular flexibility index (Phi) is 6.31. The van der Waals surface area contributed by atoms with E-state index in [1.54, 1.807) is 0 Å². The van der Waals surface area contributed by atoms with Gasteiger partial charge >= 0.3 is 0 Å². The van der Waals surface area contributed by atoms with E-state index in [1.165, 1.54) is 0 Å². The van der Waals surface area contributed by atoms with Gasteiger partial charge in [0.1, 0.15) is 13.2 Å². The van der Waals surface area contributed by atoms with E-state index in [4.69, 9.17) is 9.47 Å². The van der Waals surface area contributed by atoms with E-state index in [0.717, 1.165) is 42.9 Å². The Morgan fingerprint density at radius 1 is 1.17 bits per heavy atom. The summed E-state index contributed by atoms with van der Waals surface area (Å²) in [6.45, 7) is 10.4. The number of hydrogen-bond donors (Lipinski definition) is 0. The number of benzene rings is 1. The van der Waals surface area contributed by atoms with Gasteiger partial charge in [-0.15, -0.1) is 0 Å². The van der Waals surface area contributed by atoms with Crippen molar-refractivity contribution in [2.75, 3.05) is 19.8 Å². The summed E-state index contributed by atoms with van der Waals surface area (Å²) in [5.41, 5.74) is 0.990. The van der Waals surface area contributed by atoms with Crippen molar-refractivity contribution in [1.82, 2.24) is 4.90 Å².